The van der Waals surface area contributed by atoms with E-state index in [0.29, 0.717) is 0 Å². The summed E-state index contributed by atoms with van der Waals surface area (Å²) in [6.07, 6.45) is 11.4. The van der Waals surface area contributed by atoms with Crippen molar-refractivity contribution in [1.29, 1.82) is 0 Å². The van der Waals surface area contributed by atoms with E-state index in [4.69, 9.17) is 0 Å². The van der Waals surface area contributed by atoms with Crippen LogP contribution in [0.3, 0.4) is 0 Å². The summed E-state index contributed by atoms with van der Waals surface area (Å²) in [6, 6.07) is 0.822. The van der Waals surface area contributed by atoms with Crippen molar-refractivity contribution in [3.05, 3.63) is 0 Å². The van der Waals surface area contributed by atoms with Crippen molar-refractivity contribution in [2.24, 2.45) is 5.41 Å². The van der Waals surface area contributed by atoms with Crippen molar-refractivity contribution in [1.82, 2.24) is 5.32 Å². The molecule has 0 bridgehead atoms. The highest BCUT2D eigenvalue weighted by Crippen LogP contribution is 2.48. The molecule has 1 N–H and O–H groups in total. The van der Waals surface area contributed by atoms with Crippen LogP contribution in [0.1, 0.15) is 65.2 Å². The molecule has 1 saturated carbocycles. The molecule has 84 valence electrons. The Morgan fingerprint density at radius 1 is 1.07 bits per heavy atom. The van der Waals surface area contributed by atoms with Gasteiger partial charge in [0, 0.05) is 6.04 Å². The van der Waals surface area contributed by atoms with Gasteiger partial charge in [-0.2, -0.15) is 0 Å². The van der Waals surface area contributed by atoms with Crippen LogP contribution in [0.15, 0.2) is 0 Å². The molecule has 0 aliphatic heterocycles. The van der Waals surface area contributed by atoms with Crippen LogP contribution in [0, 0.1) is 5.41 Å². The van der Waals surface area contributed by atoms with Crippen LogP contribution in [-0.4, -0.2) is 13.1 Å². The van der Waals surface area contributed by atoms with Crippen LogP contribution < -0.4 is 5.32 Å². The maximum absolute atomic E-state index is 3.40. The lowest BCUT2D eigenvalue weighted by Crippen LogP contribution is -2.47. The molecule has 0 saturated heterocycles. The zero-order valence-electron chi connectivity index (χ0n) is 10.2. The van der Waals surface area contributed by atoms with Crippen LogP contribution in [0.2, 0.25) is 0 Å². The maximum Gasteiger partial charge on any atom is 0.00746 e. The standard InChI is InChI=1S/C13H27N/c1-4-6-7-9-13(8-5-2)10-12(11-13)14-3/h12,14H,4-11H2,1-3H3. The van der Waals surface area contributed by atoms with Gasteiger partial charge in [0.1, 0.15) is 0 Å². The Hall–Kier alpha value is -0.0400. The summed E-state index contributed by atoms with van der Waals surface area (Å²) in [4.78, 5) is 0. The number of hydrogen-bond donors (Lipinski definition) is 1. The third-order valence-electron chi connectivity index (χ3n) is 3.86. The van der Waals surface area contributed by atoms with Gasteiger partial charge in [0.2, 0.25) is 0 Å². The smallest absolute Gasteiger partial charge is 0.00746 e. The van der Waals surface area contributed by atoms with E-state index in [2.05, 4.69) is 26.2 Å². The van der Waals surface area contributed by atoms with Gasteiger partial charge in [-0.25, -0.2) is 0 Å². The first-order chi connectivity index (χ1) is 6.76. The molecule has 1 nitrogen and oxygen atoms in total. The third kappa shape index (κ3) is 2.98. The van der Waals surface area contributed by atoms with E-state index in [0.717, 1.165) is 11.5 Å². The topological polar surface area (TPSA) is 12.0 Å². The molecule has 1 heteroatoms. The summed E-state index contributed by atoms with van der Waals surface area (Å²) in [5, 5.41) is 3.40. The van der Waals surface area contributed by atoms with Gasteiger partial charge in [-0.1, -0.05) is 39.5 Å². The van der Waals surface area contributed by atoms with Crippen LogP contribution in [0.4, 0.5) is 0 Å². The molecule has 0 aromatic rings. The number of unbranched alkanes of at least 4 members (excludes halogenated alkanes) is 2. The predicted octanol–water partition coefficient (Wildman–Crippen LogP) is 3.74. The Labute approximate surface area is 89.7 Å². The van der Waals surface area contributed by atoms with Gasteiger partial charge in [0.15, 0.2) is 0 Å². The Bertz CT molecular complexity index is 147. The van der Waals surface area contributed by atoms with Gasteiger partial charge in [-0.15, -0.1) is 0 Å². The van der Waals surface area contributed by atoms with Crippen molar-refractivity contribution >= 4 is 0 Å². The number of hydrogen-bond acceptors (Lipinski definition) is 1. The van der Waals surface area contributed by atoms with Gasteiger partial charge < -0.3 is 5.32 Å². The Morgan fingerprint density at radius 3 is 2.29 bits per heavy atom. The molecule has 1 rings (SSSR count). The summed E-state index contributed by atoms with van der Waals surface area (Å²) < 4.78 is 0. The van der Waals surface area contributed by atoms with Gasteiger partial charge in [-0.3, -0.25) is 0 Å². The average Bonchev–Trinajstić information content (AvgIpc) is 2.13. The van der Waals surface area contributed by atoms with E-state index in [1.54, 1.807) is 0 Å². The molecule has 0 atom stereocenters. The highest BCUT2D eigenvalue weighted by Gasteiger charge is 2.41. The van der Waals surface area contributed by atoms with Crippen LogP contribution in [0.5, 0.6) is 0 Å². The molecule has 0 heterocycles. The predicted molar refractivity (Wildman–Crippen MR) is 63.6 cm³/mol. The van der Waals surface area contributed by atoms with Crippen molar-refractivity contribution < 1.29 is 0 Å². The zero-order valence-corrected chi connectivity index (χ0v) is 10.2. The van der Waals surface area contributed by atoms with E-state index in [-0.39, 0.29) is 0 Å². The lowest BCUT2D eigenvalue weighted by molar-refractivity contribution is 0.0609. The minimum atomic E-state index is 0.734. The SMILES string of the molecule is CCCCCC1(CCC)CC(NC)C1. The van der Waals surface area contributed by atoms with Crippen LogP contribution >= 0.6 is 0 Å². The summed E-state index contributed by atoms with van der Waals surface area (Å²) in [5.74, 6) is 0. The van der Waals surface area contributed by atoms with Crippen LogP contribution in [-0.2, 0) is 0 Å². The van der Waals surface area contributed by atoms with Gasteiger partial charge in [-0.05, 0) is 38.1 Å². The molecule has 1 aliphatic rings. The van der Waals surface area contributed by atoms with E-state index in [1.807, 2.05) is 0 Å². The highest BCUT2D eigenvalue weighted by atomic mass is 14.9. The minimum absolute atomic E-state index is 0.734. The number of rotatable bonds is 7. The van der Waals surface area contributed by atoms with Gasteiger partial charge >= 0.3 is 0 Å². The van der Waals surface area contributed by atoms with Gasteiger partial charge in [0.05, 0.1) is 0 Å². The molecule has 0 radical (unpaired) electrons. The Morgan fingerprint density at radius 2 is 1.79 bits per heavy atom. The monoisotopic (exact) mass is 197 g/mol. The fourth-order valence-corrected chi connectivity index (χ4v) is 3.00. The first-order valence-electron chi connectivity index (χ1n) is 6.43. The molecule has 14 heavy (non-hydrogen) atoms. The van der Waals surface area contributed by atoms with Gasteiger partial charge in [0.25, 0.3) is 0 Å². The summed E-state index contributed by atoms with van der Waals surface area (Å²) >= 11 is 0. The summed E-state index contributed by atoms with van der Waals surface area (Å²) in [6.45, 7) is 4.62. The first kappa shape index (κ1) is 12.0. The van der Waals surface area contributed by atoms with Crippen molar-refractivity contribution in [2.75, 3.05) is 7.05 Å². The third-order valence-corrected chi connectivity index (χ3v) is 3.86. The molecule has 1 aliphatic carbocycles. The van der Waals surface area contributed by atoms with E-state index < -0.39 is 0 Å². The second-order valence-corrected chi connectivity index (χ2v) is 5.10. The van der Waals surface area contributed by atoms with Crippen molar-refractivity contribution in [3.8, 4) is 0 Å². The van der Waals surface area contributed by atoms with Crippen molar-refractivity contribution in [3.63, 3.8) is 0 Å². The molecular formula is C13H27N. The largest absolute Gasteiger partial charge is 0.317 e. The molecule has 0 spiro atoms. The van der Waals surface area contributed by atoms with E-state index in [1.165, 1.54) is 51.4 Å². The molecule has 0 amide bonds. The second-order valence-electron chi connectivity index (χ2n) is 5.10. The molecule has 0 aromatic carbocycles. The Kier molecular flexibility index (Phi) is 4.94. The molecule has 0 unspecified atom stereocenters. The van der Waals surface area contributed by atoms with Crippen LogP contribution in [0.25, 0.3) is 0 Å². The highest BCUT2D eigenvalue weighted by molar-refractivity contribution is 4.96. The maximum atomic E-state index is 3.40. The quantitative estimate of drug-likeness (QED) is 0.613. The summed E-state index contributed by atoms with van der Waals surface area (Å²) in [7, 11) is 2.10. The fraction of sp³-hybridized carbons (Fsp3) is 1.00. The van der Waals surface area contributed by atoms with Crippen molar-refractivity contribution in [2.45, 2.75) is 71.3 Å². The average molecular weight is 197 g/mol. The van der Waals surface area contributed by atoms with E-state index in [9.17, 15) is 0 Å². The zero-order chi connectivity index (χ0) is 10.4. The number of nitrogens with one attached hydrogen (secondary N) is 1. The summed E-state index contributed by atoms with van der Waals surface area (Å²) in [5.41, 5.74) is 0.734. The second kappa shape index (κ2) is 5.75. The first-order valence-corrected chi connectivity index (χ1v) is 6.43. The molecular weight excluding hydrogens is 170 g/mol. The molecule has 1 fully saturated rings. The normalized spacial score (nSPS) is 31.5. The Balaban J connectivity index is 2.26. The lowest BCUT2D eigenvalue weighted by atomic mass is 9.60. The molecule has 0 aromatic heterocycles. The lowest BCUT2D eigenvalue weighted by Gasteiger charge is -2.48. The minimum Gasteiger partial charge on any atom is -0.317 e. The van der Waals surface area contributed by atoms with E-state index >= 15 is 0 Å². The fourth-order valence-electron chi connectivity index (χ4n) is 3.00.